The molecule has 5 heteroatoms. The second-order valence-electron chi connectivity index (χ2n) is 6.83. The van der Waals surface area contributed by atoms with E-state index in [9.17, 15) is 4.79 Å². The fourth-order valence-electron chi connectivity index (χ4n) is 3.22. The third-order valence-corrected chi connectivity index (χ3v) is 5.47. The summed E-state index contributed by atoms with van der Waals surface area (Å²) in [7, 11) is 4.10. The summed E-state index contributed by atoms with van der Waals surface area (Å²) in [6.45, 7) is 4.61. The van der Waals surface area contributed by atoms with E-state index in [1.807, 2.05) is 37.3 Å². The van der Waals surface area contributed by atoms with Crippen molar-refractivity contribution in [3.05, 3.63) is 51.5 Å². The Bertz CT molecular complexity index is 693. The minimum absolute atomic E-state index is 0.143. The molecule has 4 nitrogen and oxygen atoms in total. The lowest BCUT2D eigenvalue weighted by atomic mass is 9.98. The van der Waals surface area contributed by atoms with Gasteiger partial charge >= 0.3 is 0 Å². The van der Waals surface area contributed by atoms with Crippen molar-refractivity contribution in [1.29, 1.82) is 0 Å². The largest absolute Gasteiger partial charge is 0.338 e. The minimum Gasteiger partial charge on any atom is -0.338 e. The number of nitrogens with zero attached hydrogens (tertiary/aromatic N) is 3. The van der Waals surface area contributed by atoms with Crippen molar-refractivity contribution in [3.8, 4) is 0 Å². The SMILES string of the molecule is Cc1cnc([C@@H]2CCCN(C(=O)c3ccc(CN(C)C)cc3)C2)s1. The summed E-state index contributed by atoms with van der Waals surface area (Å²) < 4.78 is 0. The van der Waals surface area contributed by atoms with Gasteiger partial charge in [0.25, 0.3) is 5.91 Å². The van der Waals surface area contributed by atoms with Crippen LogP contribution in [0.4, 0.5) is 0 Å². The number of aryl methyl sites for hydroxylation is 1. The molecule has 0 radical (unpaired) electrons. The molecule has 1 aliphatic rings. The zero-order valence-electron chi connectivity index (χ0n) is 14.7. The van der Waals surface area contributed by atoms with Crippen LogP contribution in [0.2, 0.25) is 0 Å². The van der Waals surface area contributed by atoms with Gasteiger partial charge in [0.05, 0.1) is 5.01 Å². The Labute approximate surface area is 148 Å². The van der Waals surface area contributed by atoms with E-state index in [0.29, 0.717) is 5.92 Å². The maximum Gasteiger partial charge on any atom is 0.253 e. The van der Waals surface area contributed by atoms with Crippen LogP contribution < -0.4 is 0 Å². The number of hydrogen-bond acceptors (Lipinski definition) is 4. The fraction of sp³-hybridized carbons (Fsp3) is 0.474. The van der Waals surface area contributed by atoms with Crippen LogP contribution in [-0.2, 0) is 6.54 Å². The quantitative estimate of drug-likeness (QED) is 0.852. The van der Waals surface area contributed by atoms with E-state index in [1.165, 1.54) is 15.4 Å². The highest BCUT2D eigenvalue weighted by molar-refractivity contribution is 7.11. The second-order valence-corrected chi connectivity index (χ2v) is 8.10. The molecule has 0 N–H and O–H groups in total. The standard InChI is InChI=1S/C19H25N3OS/c1-14-11-20-18(24-14)17-5-4-10-22(13-17)19(23)16-8-6-15(7-9-16)12-21(2)3/h6-9,11,17H,4-5,10,12-13H2,1-3H3/t17-/m1/s1. The molecule has 24 heavy (non-hydrogen) atoms. The number of thiazole rings is 1. The van der Waals surface area contributed by atoms with E-state index in [2.05, 4.69) is 28.9 Å². The molecule has 0 saturated carbocycles. The maximum absolute atomic E-state index is 12.8. The second kappa shape index (κ2) is 7.45. The van der Waals surface area contributed by atoms with Gasteiger partial charge in [0.2, 0.25) is 0 Å². The van der Waals surface area contributed by atoms with Gasteiger partial charge in [0.15, 0.2) is 0 Å². The average Bonchev–Trinajstić information content (AvgIpc) is 3.01. The van der Waals surface area contributed by atoms with E-state index in [0.717, 1.165) is 38.0 Å². The van der Waals surface area contributed by atoms with Crippen molar-refractivity contribution in [1.82, 2.24) is 14.8 Å². The summed E-state index contributed by atoms with van der Waals surface area (Å²) in [5, 5.41) is 1.17. The number of hydrogen-bond donors (Lipinski definition) is 0. The molecular weight excluding hydrogens is 318 g/mol. The fourth-order valence-corrected chi connectivity index (χ4v) is 4.12. The summed E-state index contributed by atoms with van der Waals surface area (Å²) in [4.78, 5) is 22.7. The summed E-state index contributed by atoms with van der Waals surface area (Å²) in [5.41, 5.74) is 2.01. The van der Waals surface area contributed by atoms with Gasteiger partial charge < -0.3 is 9.80 Å². The Hall–Kier alpha value is -1.72. The van der Waals surface area contributed by atoms with Crippen molar-refractivity contribution < 1.29 is 4.79 Å². The van der Waals surface area contributed by atoms with Crippen LogP contribution in [0.25, 0.3) is 0 Å². The summed E-state index contributed by atoms with van der Waals surface area (Å²) >= 11 is 1.76. The molecule has 3 rings (SSSR count). The molecule has 1 atom stereocenters. The number of rotatable bonds is 4. The summed E-state index contributed by atoms with van der Waals surface area (Å²) in [5.74, 6) is 0.527. The van der Waals surface area contributed by atoms with E-state index in [-0.39, 0.29) is 5.91 Å². The molecule has 1 amide bonds. The number of carbonyl (C=O) groups excluding carboxylic acids is 1. The normalized spacial score (nSPS) is 18.2. The van der Waals surface area contributed by atoms with Crippen molar-refractivity contribution >= 4 is 17.2 Å². The summed E-state index contributed by atoms with van der Waals surface area (Å²) in [6.07, 6.45) is 4.11. The predicted octanol–water partition coefficient (Wildman–Crippen LogP) is 3.53. The monoisotopic (exact) mass is 343 g/mol. The lowest BCUT2D eigenvalue weighted by Crippen LogP contribution is -2.39. The Morgan fingerprint density at radius 2 is 2.08 bits per heavy atom. The van der Waals surface area contributed by atoms with E-state index >= 15 is 0 Å². The molecule has 1 aromatic carbocycles. The van der Waals surface area contributed by atoms with Gasteiger partial charge in [-0.1, -0.05) is 12.1 Å². The lowest BCUT2D eigenvalue weighted by Gasteiger charge is -2.32. The van der Waals surface area contributed by atoms with Crippen LogP contribution in [-0.4, -0.2) is 47.9 Å². The zero-order valence-corrected chi connectivity index (χ0v) is 15.5. The smallest absolute Gasteiger partial charge is 0.253 e. The highest BCUT2D eigenvalue weighted by Crippen LogP contribution is 2.30. The lowest BCUT2D eigenvalue weighted by molar-refractivity contribution is 0.0707. The Morgan fingerprint density at radius 1 is 1.33 bits per heavy atom. The molecule has 0 unspecified atom stereocenters. The molecule has 128 valence electrons. The Balaban J connectivity index is 1.67. The molecular formula is C19H25N3OS. The third kappa shape index (κ3) is 4.02. The van der Waals surface area contributed by atoms with E-state index < -0.39 is 0 Å². The van der Waals surface area contributed by atoms with Gasteiger partial charge in [-0.15, -0.1) is 11.3 Å². The van der Waals surface area contributed by atoms with Gasteiger partial charge in [-0.05, 0) is 51.6 Å². The first kappa shape index (κ1) is 17.1. The van der Waals surface area contributed by atoms with Crippen molar-refractivity contribution in [2.24, 2.45) is 0 Å². The van der Waals surface area contributed by atoms with Gasteiger partial charge in [0.1, 0.15) is 0 Å². The van der Waals surface area contributed by atoms with Crippen molar-refractivity contribution in [2.75, 3.05) is 27.2 Å². The first-order chi connectivity index (χ1) is 11.5. The Kier molecular flexibility index (Phi) is 5.31. The Morgan fingerprint density at radius 3 is 2.71 bits per heavy atom. The van der Waals surface area contributed by atoms with Crippen LogP contribution >= 0.6 is 11.3 Å². The molecule has 1 fully saturated rings. The highest BCUT2D eigenvalue weighted by atomic mass is 32.1. The van der Waals surface area contributed by atoms with Gasteiger partial charge in [0, 0.05) is 42.2 Å². The number of amides is 1. The number of carbonyl (C=O) groups is 1. The minimum atomic E-state index is 0.143. The number of piperidine rings is 1. The van der Waals surface area contributed by atoms with Crippen LogP contribution in [0.5, 0.6) is 0 Å². The van der Waals surface area contributed by atoms with Crippen molar-refractivity contribution in [3.63, 3.8) is 0 Å². The highest BCUT2D eigenvalue weighted by Gasteiger charge is 2.27. The van der Waals surface area contributed by atoms with Gasteiger partial charge in [-0.25, -0.2) is 4.98 Å². The maximum atomic E-state index is 12.8. The van der Waals surface area contributed by atoms with Crippen LogP contribution in [0.3, 0.4) is 0 Å². The number of likely N-dealkylation sites (tertiary alicyclic amines) is 1. The number of aromatic nitrogens is 1. The zero-order chi connectivity index (χ0) is 17.1. The van der Waals surface area contributed by atoms with Crippen LogP contribution in [0.15, 0.2) is 30.5 Å². The van der Waals surface area contributed by atoms with Crippen LogP contribution in [0, 0.1) is 6.92 Å². The van der Waals surface area contributed by atoms with E-state index in [4.69, 9.17) is 0 Å². The predicted molar refractivity (Wildman–Crippen MR) is 98.6 cm³/mol. The first-order valence-electron chi connectivity index (χ1n) is 8.48. The van der Waals surface area contributed by atoms with Gasteiger partial charge in [-0.3, -0.25) is 4.79 Å². The molecule has 0 aliphatic carbocycles. The molecule has 1 aromatic heterocycles. The average molecular weight is 343 g/mol. The van der Waals surface area contributed by atoms with Crippen molar-refractivity contribution in [2.45, 2.75) is 32.2 Å². The topological polar surface area (TPSA) is 36.4 Å². The molecule has 1 saturated heterocycles. The van der Waals surface area contributed by atoms with Crippen LogP contribution in [0.1, 0.15) is 44.6 Å². The molecule has 2 aromatic rings. The molecule has 1 aliphatic heterocycles. The summed E-state index contributed by atoms with van der Waals surface area (Å²) in [6, 6.07) is 8.02. The van der Waals surface area contributed by atoms with E-state index in [1.54, 1.807) is 11.3 Å². The third-order valence-electron chi connectivity index (χ3n) is 4.40. The first-order valence-corrected chi connectivity index (χ1v) is 9.30. The molecule has 2 heterocycles. The number of benzene rings is 1. The molecule has 0 bridgehead atoms. The molecule has 0 spiro atoms. The van der Waals surface area contributed by atoms with Gasteiger partial charge in [-0.2, -0.15) is 0 Å².